The summed E-state index contributed by atoms with van der Waals surface area (Å²) in [5.41, 5.74) is -0.461. The van der Waals surface area contributed by atoms with Crippen molar-refractivity contribution in [3.8, 4) is 0 Å². The Morgan fingerprint density at radius 1 is 0.688 bits per heavy atom. The van der Waals surface area contributed by atoms with Gasteiger partial charge in [0.2, 0.25) is 0 Å². The van der Waals surface area contributed by atoms with Crippen molar-refractivity contribution >= 4 is 16.3 Å². The zero-order valence-electron chi connectivity index (χ0n) is 19.0. The molecule has 0 N–H and O–H groups in total. The first-order chi connectivity index (χ1) is 15.4. The number of hydrogen-bond acceptors (Lipinski definition) is 2. The fourth-order valence-electron chi connectivity index (χ4n) is 6.30. The molecule has 0 radical (unpaired) electrons. The molecule has 0 heterocycles. The van der Waals surface area contributed by atoms with E-state index in [1.165, 1.54) is 69.9 Å². The summed E-state index contributed by atoms with van der Waals surface area (Å²) < 4.78 is 45.8. The van der Waals surface area contributed by atoms with Crippen LogP contribution in [0.5, 0.6) is 0 Å². The van der Waals surface area contributed by atoms with Gasteiger partial charge in [0, 0.05) is 15.7 Å². The number of carbonyl (C=O) groups is 1. The number of alkyl halides is 3. The van der Waals surface area contributed by atoms with E-state index in [-0.39, 0.29) is 5.56 Å². The van der Waals surface area contributed by atoms with Crippen LogP contribution in [0.25, 0.3) is 0 Å². The normalized spacial score (nSPS) is 23.1. The van der Waals surface area contributed by atoms with Gasteiger partial charge in [-0.3, -0.25) is 0 Å². The fraction of sp³-hybridized carbons (Fsp3) is 0.731. The van der Waals surface area contributed by atoms with Crippen LogP contribution >= 0.6 is 10.3 Å². The van der Waals surface area contributed by atoms with Gasteiger partial charge in [-0.05, 0) is 62.8 Å². The van der Waals surface area contributed by atoms with Gasteiger partial charge in [-0.15, -0.1) is 0 Å². The molecule has 0 atom stereocenters. The van der Waals surface area contributed by atoms with Gasteiger partial charge in [0.05, 0.1) is 11.1 Å². The first kappa shape index (κ1) is 24.0. The zero-order chi connectivity index (χ0) is 22.6. The third kappa shape index (κ3) is 5.15. The molecule has 2 nitrogen and oxygen atoms in total. The molecule has 6 heteroatoms. The Labute approximate surface area is 192 Å². The molecule has 0 bridgehead atoms. The molecular weight excluding hydrogens is 433 g/mol. The quantitative estimate of drug-likeness (QED) is 0.431. The van der Waals surface area contributed by atoms with Crippen LogP contribution in [0.15, 0.2) is 24.3 Å². The smallest absolute Gasteiger partial charge is 0.411 e. The second-order valence-electron chi connectivity index (χ2n) is 9.92. The highest BCUT2D eigenvalue weighted by Gasteiger charge is 2.49. The molecule has 0 saturated heterocycles. The van der Waals surface area contributed by atoms with E-state index in [1.807, 2.05) is 0 Å². The third-order valence-corrected chi connectivity index (χ3v) is 12.9. The van der Waals surface area contributed by atoms with E-state index in [4.69, 9.17) is 4.18 Å². The number of hydrogen-bond donors (Lipinski definition) is 0. The average molecular weight is 471 g/mol. The summed E-state index contributed by atoms with van der Waals surface area (Å²) in [6.45, 7) is 0. The van der Waals surface area contributed by atoms with Crippen LogP contribution in [0.2, 0.25) is 0 Å². The van der Waals surface area contributed by atoms with E-state index in [0.29, 0.717) is 15.7 Å². The largest absolute Gasteiger partial charge is 0.416 e. The minimum atomic E-state index is -4.40. The molecule has 0 amide bonds. The maximum Gasteiger partial charge on any atom is 0.416 e. The van der Waals surface area contributed by atoms with E-state index in [9.17, 15) is 18.0 Å². The van der Waals surface area contributed by atoms with Gasteiger partial charge in [-0.2, -0.15) is 13.2 Å². The summed E-state index contributed by atoms with van der Waals surface area (Å²) in [5, 5.41) is 1.38. The highest BCUT2D eigenvalue weighted by molar-refractivity contribution is 8.31. The Hall–Kier alpha value is -1.17. The first-order valence-electron chi connectivity index (χ1n) is 12.6. The van der Waals surface area contributed by atoms with Crippen molar-refractivity contribution in [1.82, 2.24) is 0 Å². The van der Waals surface area contributed by atoms with Crippen LogP contribution in [-0.4, -0.2) is 21.7 Å². The molecule has 32 heavy (non-hydrogen) atoms. The molecular formula is C26H37F3O2S. The highest BCUT2D eigenvalue weighted by atomic mass is 32.3. The van der Waals surface area contributed by atoms with Crippen LogP contribution in [0.3, 0.4) is 0 Å². The topological polar surface area (TPSA) is 26.3 Å². The summed E-state index contributed by atoms with van der Waals surface area (Å²) in [6.07, 6.45) is 13.5. The van der Waals surface area contributed by atoms with Crippen LogP contribution in [-0.2, 0) is 10.4 Å². The van der Waals surface area contributed by atoms with Crippen molar-refractivity contribution in [1.29, 1.82) is 0 Å². The van der Waals surface area contributed by atoms with E-state index >= 15 is 0 Å². The van der Waals surface area contributed by atoms with Crippen molar-refractivity contribution < 1.29 is 22.1 Å². The molecule has 0 unspecified atom stereocenters. The van der Waals surface area contributed by atoms with Crippen LogP contribution in [0.4, 0.5) is 13.2 Å². The monoisotopic (exact) mass is 470 g/mol. The Bertz CT molecular complexity index is 698. The molecule has 3 aliphatic carbocycles. The van der Waals surface area contributed by atoms with Crippen molar-refractivity contribution in [2.45, 2.75) is 118 Å². The van der Waals surface area contributed by atoms with Gasteiger partial charge < -0.3 is 4.18 Å². The van der Waals surface area contributed by atoms with Gasteiger partial charge in [0.1, 0.15) is 0 Å². The van der Waals surface area contributed by atoms with Gasteiger partial charge in [0.25, 0.3) is 0 Å². The Kier molecular flexibility index (Phi) is 7.79. The molecule has 1 aromatic rings. The summed E-state index contributed by atoms with van der Waals surface area (Å²) in [4.78, 5) is 13.5. The van der Waals surface area contributed by atoms with Crippen LogP contribution in [0, 0.1) is 0 Å². The lowest BCUT2D eigenvalue weighted by Gasteiger charge is -2.57. The van der Waals surface area contributed by atoms with Crippen LogP contribution in [0.1, 0.15) is 112 Å². The third-order valence-electron chi connectivity index (χ3n) is 7.89. The van der Waals surface area contributed by atoms with Crippen LogP contribution < -0.4 is 0 Å². The molecule has 3 fully saturated rings. The van der Waals surface area contributed by atoms with E-state index in [2.05, 4.69) is 0 Å². The number of rotatable bonds is 5. The second kappa shape index (κ2) is 10.4. The highest BCUT2D eigenvalue weighted by Crippen LogP contribution is 2.70. The summed E-state index contributed by atoms with van der Waals surface area (Å²) in [6, 6.07) is 4.63. The number of halogens is 3. The van der Waals surface area contributed by atoms with Crippen molar-refractivity contribution in [3.05, 3.63) is 35.4 Å². The molecule has 1 aromatic carbocycles. The van der Waals surface area contributed by atoms with E-state index in [1.54, 1.807) is 0 Å². The number of benzene rings is 1. The summed E-state index contributed by atoms with van der Waals surface area (Å²) in [5.74, 6) is -0.393. The lowest BCUT2D eigenvalue weighted by Crippen LogP contribution is -2.42. The molecule has 3 aliphatic rings. The van der Waals surface area contributed by atoms with Crippen molar-refractivity contribution in [2.24, 2.45) is 0 Å². The lowest BCUT2D eigenvalue weighted by molar-refractivity contribution is -0.137. The SMILES string of the molecule is O=C(OS(C1CCCCC1)(C1CCCCC1)C1CCCCC1)c1ccc(C(F)(F)F)cc1. The lowest BCUT2D eigenvalue weighted by atomic mass is 9.99. The minimum Gasteiger partial charge on any atom is -0.411 e. The molecule has 3 saturated carbocycles. The summed E-state index contributed by atoms with van der Waals surface area (Å²) in [7, 11) is -1.66. The van der Waals surface area contributed by atoms with Crippen molar-refractivity contribution in [3.63, 3.8) is 0 Å². The standard InChI is InChI=1S/C26H37F3O2S/c27-26(28,29)21-18-16-20(17-19-21)25(30)31-32(22-10-4-1-5-11-22,23-12-6-2-7-13-23)24-14-8-3-9-15-24/h16-19,22-24H,1-15H2. The van der Waals surface area contributed by atoms with Gasteiger partial charge in [-0.1, -0.05) is 68.1 Å². The van der Waals surface area contributed by atoms with E-state index in [0.717, 1.165) is 50.7 Å². The van der Waals surface area contributed by atoms with Gasteiger partial charge >= 0.3 is 12.1 Å². The van der Waals surface area contributed by atoms with Gasteiger partial charge in [0.15, 0.2) is 0 Å². The average Bonchev–Trinajstić information content (AvgIpc) is 2.83. The molecule has 0 spiro atoms. The Balaban J connectivity index is 1.67. The predicted molar refractivity (Wildman–Crippen MR) is 125 cm³/mol. The first-order valence-corrected chi connectivity index (χ1v) is 14.4. The molecule has 4 rings (SSSR count). The zero-order valence-corrected chi connectivity index (χ0v) is 19.8. The minimum absolute atomic E-state index is 0.261. The Morgan fingerprint density at radius 2 is 1.06 bits per heavy atom. The second-order valence-corrected chi connectivity index (χ2v) is 13.5. The van der Waals surface area contributed by atoms with E-state index < -0.39 is 28.0 Å². The Morgan fingerprint density at radius 3 is 1.41 bits per heavy atom. The molecule has 0 aromatic heterocycles. The number of carbonyl (C=O) groups excluding carboxylic acids is 1. The predicted octanol–water partition coefficient (Wildman–Crippen LogP) is 8.58. The van der Waals surface area contributed by atoms with Crippen molar-refractivity contribution in [2.75, 3.05) is 0 Å². The van der Waals surface area contributed by atoms with Gasteiger partial charge in [-0.25, -0.2) is 4.79 Å². The maximum atomic E-state index is 13.5. The maximum absolute atomic E-state index is 13.5. The molecule has 0 aliphatic heterocycles. The molecule has 180 valence electrons. The fourth-order valence-corrected chi connectivity index (χ4v) is 11.9. The summed E-state index contributed by atoms with van der Waals surface area (Å²) >= 11 is 0.